The normalized spacial score (nSPS) is 10.9. The maximum Gasteiger partial charge on any atom is 0.312 e. The van der Waals surface area contributed by atoms with E-state index in [1.54, 1.807) is 12.1 Å². The van der Waals surface area contributed by atoms with Crippen LogP contribution in [-0.2, 0) is 18.3 Å². The molecule has 0 fully saturated rings. The fourth-order valence-electron chi connectivity index (χ4n) is 2.13. The molecule has 23 heavy (non-hydrogen) atoms. The van der Waals surface area contributed by atoms with E-state index in [1.807, 2.05) is 30.8 Å². The molecule has 0 saturated heterocycles. The van der Waals surface area contributed by atoms with Gasteiger partial charge in [-0.15, -0.1) is 10.2 Å². The van der Waals surface area contributed by atoms with Crippen molar-refractivity contribution in [3.05, 3.63) is 41.1 Å². The zero-order chi connectivity index (χ0) is 16.6. The van der Waals surface area contributed by atoms with E-state index in [0.29, 0.717) is 10.6 Å². The van der Waals surface area contributed by atoms with Gasteiger partial charge in [-0.25, -0.2) is 4.98 Å². The van der Waals surface area contributed by atoms with Gasteiger partial charge in [-0.1, -0.05) is 11.6 Å². The molecule has 2 aromatic heterocycles. The lowest BCUT2D eigenvalue weighted by Gasteiger charge is -2.01. The smallest absolute Gasteiger partial charge is 0.312 e. The predicted octanol–water partition coefficient (Wildman–Crippen LogP) is 2.73. The summed E-state index contributed by atoms with van der Waals surface area (Å²) in [5, 5.41) is 16.8. The molecule has 0 atom stereocenters. The van der Waals surface area contributed by atoms with Crippen molar-refractivity contribution in [1.29, 1.82) is 0 Å². The van der Waals surface area contributed by atoms with Crippen molar-refractivity contribution in [3.63, 3.8) is 0 Å². The topological polar surface area (TPSA) is 94.0 Å². The monoisotopic (exact) mass is 332 g/mol. The number of aromatic nitrogens is 4. The molecule has 3 rings (SSSR count). The van der Waals surface area contributed by atoms with Gasteiger partial charge in [0.2, 0.25) is 11.8 Å². The highest BCUT2D eigenvalue weighted by atomic mass is 35.5. The maximum absolute atomic E-state index is 10.7. The zero-order valence-corrected chi connectivity index (χ0v) is 13.2. The highest BCUT2D eigenvalue weighted by Crippen LogP contribution is 2.29. The van der Waals surface area contributed by atoms with Crippen LogP contribution >= 0.6 is 11.6 Å². The van der Waals surface area contributed by atoms with E-state index in [1.165, 1.54) is 0 Å². The highest BCUT2D eigenvalue weighted by molar-refractivity contribution is 6.31. The zero-order valence-electron chi connectivity index (χ0n) is 12.4. The average molecular weight is 333 g/mol. The van der Waals surface area contributed by atoms with E-state index in [4.69, 9.17) is 21.1 Å². The van der Waals surface area contributed by atoms with Gasteiger partial charge in [-0.3, -0.25) is 4.79 Å². The lowest BCUT2D eigenvalue weighted by molar-refractivity contribution is -0.136. The van der Waals surface area contributed by atoms with Crippen LogP contribution < -0.4 is 0 Å². The van der Waals surface area contributed by atoms with Gasteiger partial charge in [-0.2, -0.15) is 0 Å². The number of rotatable bonds is 4. The third-order valence-electron chi connectivity index (χ3n) is 3.32. The first-order chi connectivity index (χ1) is 10.9. The standard InChI is InChI=1S/C15H13ClN4O3/c1-8-17-12(7-20(8)2)9-3-10(5-11(16)4-9)15-19-18-13(23-15)6-14(21)22/h3-5,7H,6H2,1-2H3,(H,21,22). The van der Waals surface area contributed by atoms with Crippen LogP contribution in [0.2, 0.25) is 5.02 Å². The molecular weight excluding hydrogens is 320 g/mol. The second-order valence-corrected chi connectivity index (χ2v) is 5.52. The Morgan fingerprint density at radius 2 is 2.04 bits per heavy atom. The number of benzene rings is 1. The Balaban J connectivity index is 2.00. The summed E-state index contributed by atoms with van der Waals surface area (Å²) in [4.78, 5) is 15.1. The Bertz CT molecular complexity index is 865. The Kier molecular flexibility index (Phi) is 3.87. The second kappa shape index (κ2) is 5.85. The molecule has 3 aromatic rings. The van der Waals surface area contributed by atoms with Crippen LogP contribution in [0.5, 0.6) is 0 Å². The van der Waals surface area contributed by atoms with Crippen molar-refractivity contribution in [1.82, 2.24) is 19.7 Å². The van der Waals surface area contributed by atoms with Crippen LogP contribution in [0.4, 0.5) is 0 Å². The van der Waals surface area contributed by atoms with E-state index >= 15 is 0 Å². The molecule has 7 nitrogen and oxygen atoms in total. The van der Waals surface area contributed by atoms with Crippen molar-refractivity contribution in [2.75, 3.05) is 0 Å². The van der Waals surface area contributed by atoms with Crippen molar-refractivity contribution in [3.8, 4) is 22.7 Å². The van der Waals surface area contributed by atoms with Gasteiger partial charge in [0.05, 0.1) is 5.69 Å². The van der Waals surface area contributed by atoms with E-state index < -0.39 is 5.97 Å². The molecule has 0 aliphatic heterocycles. The SMILES string of the molecule is Cc1nc(-c2cc(Cl)cc(-c3nnc(CC(=O)O)o3)c2)cn1C. The number of carboxylic acid groups (broad SMARTS) is 1. The number of hydrogen-bond acceptors (Lipinski definition) is 5. The number of halogens is 1. The average Bonchev–Trinajstić information content (AvgIpc) is 3.05. The van der Waals surface area contributed by atoms with Gasteiger partial charge in [-0.05, 0) is 25.1 Å². The lowest BCUT2D eigenvalue weighted by Crippen LogP contribution is -1.99. The molecule has 0 bridgehead atoms. The molecule has 1 aromatic carbocycles. The van der Waals surface area contributed by atoms with Crippen LogP contribution in [-0.4, -0.2) is 30.8 Å². The fraction of sp³-hybridized carbons (Fsp3) is 0.200. The number of imidazole rings is 1. The first-order valence-electron chi connectivity index (χ1n) is 6.78. The molecule has 1 N–H and O–H groups in total. The van der Waals surface area contributed by atoms with Gasteiger partial charge in [0.25, 0.3) is 0 Å². The molecule has 0 saturated carbocycles. The van der Waals surface area contributed by atoms with E-state index in [2.05, 4.69) is 15.2 Å². The molecule has 0 unspecified atom stereocenters. The summed E-state index contributed by atoms with van der Waals surface area (Å²) >= 11 is 6.17. The fourth-order valence-corrected chi connectivity index (χ4v) is 2.37. The van der Waals surface area contributed by atoms with Crippen molar-refractivity contribution in [2.45, 2.75) is 13.3 Å². The molecular formula is C15H13ClN4O3. The number of nitrogens with zero attached hydrogens (tertiary/aromatic N) is 4. The van der Waals surface area contributed by atoms with E-state index in [0.717, 1.165) is 17.1 Å². The van der Waals surface area contributed by atoms with Crippen molar-refractivity contribution >= 4 is 17.6 Å². The summed E-state index contributed by atoms with van der Waals surface area (Å²) in [6, 6.07) is 5.30. The molecule has 8 heteroatoms. The second-order valence-electron chi connectivity index (χ2n) is 5.08. The number of aryl methyl sites for hydroxylation is 2. The molecule has 0 aliphatic carbocycles. The van der Waals surface area contributed by atoms with Crippen LogP contribution in [0.3, 0.4) is 0 Å². The molecule has 0 spiro atoms. The lowest BCUT2D eigenvalue weighted by atomic mass is 10.1. The largest absolute Gasteiger partial charge is 0.481 e. The minimum absolute atomic E-state index is 0.0442. The van der Waals surface area contributed by atoms with Gasteiger partial charge < -0.3 is 14.1 Å². The first-order valence-corrected chi connectivity index (χ1v) is 7.15. The maximum atomic E-state index is 10.7. The number of carboxylic acids is 1. The van der Waals surface area contributed by atoms with E-state index in [-0.39, 0.29) is 18.2 Å². The quantitative estimate of drug-likeness (QED) is 0.789. The minimum Gasteiger partial charge on any atom is -0.481 e. The molecule has 2 heterocycles. The molecule has 0 aliphatic rings. The summed E-state index contributed by atoms with van der Waals surface area (Å²) < 4.78 is 7.28. The summed E-state index contributed by atoms with van der Waals surface area (Å²) in [6.45, 7) is 1.91. The highest BCUT2D eigenvalue weighted by Gasteiger charge is 2.14. The summed E-state index contributed by atoms with van der Waals surface area (Å²) in [7, 11) is 1.91. The van der Waals surface area contributed by atoms with Crippen LogP contribution in [0.25, 0.3) is 22.7 Å². The Morgan fingerprint density at radius 1 is 1.30 bits per heavy atom. The summed E-state index contributed by atoms with van der Waals surface area (Å²) in [5.41, 5.74) is 2.20. The van der Waals surface area contributed by atoms with Crippen LogP contribution in [0.15, 0.2) is 28.8 Å². The molecule has 0 radical (unpaired) electrons. The van der Waals surface area contributed by atoms with Gasteiger partial charge in [0, 0.05) is 29.4 Å². The van der Waals surface area contributed by atoms with Crippen LogP contribution in [0.1, 0.15) is 11.7 Å². The molecule has 0 amide bonds. The predicted molar refractivity (Wildman–Crippen MR) is 83.0 cm³/mol. The van der Waals surface area contributed by atoms with Crippen molar-refractivity contribution < 1.29 is 14.3 Å². The van der Waals surface area contributed by atoms with Gasteiger partial charge in [0.1, 0.15) is 12.2 Å². The number of hydrogen-bond donors (Lipinski definition) is 1. The number of aliphatic carboxylic acids is 1. The molecule has 118 valence electrons. The van der Waals surface area contributed by atoms with Gasteiger partial charge >= 0.3 is 5.97 Å². The van der Waals surface area contributed by atoms with Crippen molar-refractivity contribution in [2.24, 2.45) is 7.05 Å². The van der Waals surface area contributed by atoms with Crippen LogP contribution in [0, 0.1) is 6.92 Å². The summed E-state index contributed by atoms with van der Waals surface area (Å²) in [6.07, 6.45) is 1.58. The Labute approximate surface area is 136 Å². The first kappa shape index (κ1) is 15.2. The number of carbonyl (C=O) groups is 1. The summed E-state index contributed by atoms with van der Waals surface area (Å²) in [5.74, 6) is 0.111. The third-order valence-corrected chi connectivity index (χ3v) is 3.54. The third kappa shape index (κ3) is 3.24. The Hall–Kier alpha value is -2.67. The Morgan fingerprint density at radius 3 is 2.70 bits per heavy atom. The minimum atomic E-state index is -1.03. The van der Waals surface area contributed by atoms with Gasteiger partial charge in [0.15, 0.2) is 0 Å². The van der Waals surface area contributed by atoms with E-state index in [9.17, 15) is 4.79 Å².